The zero-order valence-electron chi connectivity index (χ0n) is 8.44. The fraction of sp³-hybridized carbons (Fsp3) is 0.182. The highest BCUT2D eigenvalue weighted by Crippen LogP contribution is 2.11. The molecule has 0 radical (unpaired) electrons. The highest BCUT2D eigenvalue weighted by atomic mass is 32.1. The summed E-state index contributed by atoms with van der Waals surface area (Å²) in [6, 6.07) is 7.85. The zero-order chi connectivity index (χ0) is 11.1. The molecule has 0 amide bonds. The number of hydrogen-bond donors (Lipinski definition) is 3. The van der Waals surface area contributed by atoms with Gasteiger partial charge in [0.1, 0.15) is 0 Å². The van der Waals surface area contributed by atoms with Gasteiger partial charge < -0.3 is 16.8 Å². The van der Waals surface area contributed by atoms with Gasteiger partial charge in [0.25, 0.3) is 0 Å². The average molecular weight is 221 g/mol. The number of nitrogens with one attached hydrogen (secondary N) is 1. The summed E-state index contributed by atoms with van der Waals surface area (Å²) >= 11 is 4.76. The Hall–Kier alpha value is -1.39. The molecule has 4 heteroatoms. The van der Waals surface area contributed by atoms with Crippen molar-refractivity contribution >= 4 is 29.1 Å². The minimum absolute atomic E-state index is 0.276. The minimum Gasteiger partial charge on any atom is -0.376 e. The quantitative estimate of drug-likeness (QED) is 0.677. The number of benzene rings is 1. The first-order valence-electron chi connectivity index (χ1n) is 4.75. The van der Waals surface area contributed by atoms with Crippen molar-refractivity contribution in [1.82, 2.24) is 0 Å². The smallest absolute Gasteiger partial charge is 0.168 e. The van der Waals surface area contributed by atoms with Crippen LogP contribution in [0.5, 0.6) is 0 Å². The van der Waals surface area contributed by atoms with Crippen molar-refractivity contribution < 1.29 is 0 Å². The monoisotopic (exact) mass is 221 g/mol. The molecule has 3 nitrogen and oxygen atoms in total. The summed E-state index contributed by atoms with van der Waals surface area (Å²) < 4.78 is 0. The van der Waals surface area contributed by atoms with Crippen LogP contribution in [0.15, 0.2) is 30.3 Å². The van der Waals surface area contributed by atoms with Crippen molar-refractivity contribution in [3.8, 4) is 0 Å². The van der Waals surface area contributed by atoms with E-state index < -0.39 is 0 Å². The molecule has 0 atom stereocenters. The Balaban J connectivity index is 2.69. The van der Waals surface area contributed by atoms with Crippen LogP contribution >= 0.6 is 12.2 Å². The Morgan fingerprint density at radius 3 is 2.93 bits per heavy atom. The van der Waals surface area contributed by atoms with Crippen LogP contribution in [-0.2, 0) is 0 Å². The van der Waals surface area contributed by atoms with Crippen LogP contribution in [0.2, 0.25) is 0 Å². The highest BCUT2D eigenvalue weighted by Gasteiger charge is 1.93. The van der Waals surface area contributed by atoms with E-state index >= 15 is 0 Å². The summed E-state index contributed by atoms with van der Waals surface area (Å²) in [7, 11) is 0. The van der Waals surface area contributed by atoms with E-state index in [1.54, 1.807) is 0 Å². The first-order valence-corrected chi connectivity index (χ1v) is 5.16. The van der Waals surface area contributed by atoms with Gasteiger partial charge in [-0.2, -0.15) is 0 Å². The largest absolute Gasteiger partial charge is 0.376 e. The number of hydrogen-bond acceptors (Lipinski definition) is 2. The Kier molecular flexibility index (Phi) is 4.80. The highest BCUT2D eigenvalue weighted by molar-refractivity contribution is 7.80. The van der Waals surface area contributed by atoms with Crippen LogP contribution in [0, 0.1) is 0 Å². The first kappa shape index (κ1) is 11.7. The molecule has 1 rings (SSSR count). The van der Waals surface area contributed by atoms with Gasteiger partial charge in [-0.1, -0.05) is 24.3 Å². The molecule has 5 N–H and O–H groups in total. The number of nitrogens with two attached hydrogens (primary N) is 2. The van der Waals surface area contributed by atoms with Crippen LogP contribution in [0.1, 0.15) is 12.0 Å². The molecular formula is C11H15N3S. The maximum atomic E-state index is 5.39. The third-order valence-corrected chi connectivity index (χ3v) is 1.90. The summed E-state index contributed by atoms with van der Waals surface area (Å²) in [5, 5.41) is 3.16. The normalized spacial score (nSPS) is 10.5. The number of rotatable bonds is 4. The van der Waals surface area contributed by atoms with E-state index in [1.807, 2.05) is 36.4 Å². The second kappa shape index (κ2) is 6.16. The van der Waals surface area contributed by atoms with Crippen molar-refractivity contribution in [2.45, 2.75) is 6.42 Å². The van der Waals surface area contributed by atoms with Gasteiger partial charge in [0.05, 0.1) is 0 Å². The van der Waals surface area contributed by atoms with Crippen molar-refractivity contribution in [2.24, 2.45) is 11.5 Å². The number of anilines is 1. The molecule has 0 aliphatic carbocycles. The van der Waals surface area contributed by atoms with Crippen LogP contribution in [-0.4, -0.2) is 11.7 Å². The molecule has 0 aliphatic heterocycles. The molecule has 0 saturated heterocycles. The molecule has 1 aromatic carbocycles. The molecule has 80 valence electrons. The lowest BCUT2D eigenvalue weighted by atomic mass is 10.2. The molecule has 0 unspecified atom stereocenters. The summed E-state index contributed by atoms with van der Waals surface area (Å²) in [5.74, 6) is 0. The van der Waals surface area contributed by atoms with E-state index in [1.165, 1.54) is 0 Å². The molecule has 1 aromatic rings. The van der Waals surface area contributed by atoms with Gasteiger partial charge in [-0.3, -0.25) is 0 Å². The van der Waals surface area contributed by atoms with Gasteiger partial charge in [0.2, 0.25) is 0 Å². The van der Waals surface area contributed by atoms with E-state index in [0.29, 0.717) is 6.54 Å². The van der Waals surface area contributed by atoms with Crippen molar-refractivity contribution in [1.29, 1.82) is 0 Å². The van der Waals surface area contributed by atoms with Crippen LogP contribution in [0.3, 0.4) is 0 Å². The maximum Gasteiger partial charge on any atom is 0.168 e. The van der Waals surface area contributed by atoms with Crippen molar-refractivity contribution in [3.05, 3.63) is 35.9 Å². The molecule has 15 heavy (non-hydrogen) atoms. The zero-order valence-corrected chi connectivity index (χ0v) is 9.26. The van der Waals surface area contributed by atoms with E-state index in [0.717, 1.165) is 17.7 Å². The lowest BCUT2D eigenvalue weighted by molar-refractivity contribution is 1.01. The molecule has 0 bridgehead atoms. The molecule has 0 fully saturated rings. The molecule has 0 saturated carbocycles. The molecule has 0 aliphatic rings. The van der Waals surface area contributed by atoms with Crippen molar-refractivity contribution in [3.63, 3.8) is 0 Å². The van der Waals surface area contributed by atoms with Crippen LogP contribution in [0.4, 0.5) is 5.69 Å². The second-order valence-electron chi connectivity index (χ2n) is 3.09. The Morgan fingerprint density at radius 1 is 1.47 bits per heavy atom. The van der Waals surface area contributed by atoms with E-state index in [4.69, 9.17) is 23.7 Å². The summed E-state index contributed by atoms with van der Waals surface area (Å²) in [5.41, 5.74) is 12.8. The SMILES string of the molecule is NCCC=Cc1cccc(NC(N)=S)c1. The van der Waals surface area contributed by atoms with Gasteiger partial charge >= 0.3 is 0 Å². The maximum absolute atomic E-state index is 5.39. The Labute approximate surface area is 95.2 Å². The van der Waals surface area contributed by atoms with Crippen LogP contribution in [0.25, 0.3) is 6.08 Å². The van der Waals surface area contributed by atoms with E-state index in [2.05, 4.69) is 5.32 Å². The standard InChI is InChI=1S/C11H15N3S/c12-7-2-1-4-9-5-3-6-10(8-9)14-11(13)15/h1,3-6,8H,2,7,12H2,(H3,13,14,15). The third kappa shape index (κ3) is 4.58. The van der Waals surface area contributed by atoms with Gasteiger partial charge in [-0.25, -0.2) is 0 Å². The van der Waals surface area contributed by atoms with Crippen LogP contribution < -0.4 is 16.8 Å². The predicted octanol–water partition coefficient (Wildman–Crippen LogP) is 1.70. The minimum atomic E-state index is 0.276. The molecule has 0 spiro atoms. The van der Waals surface area contributed by atoms with Crippen molar-refractivity contribution in [2.75, 3.05) is 11.9 Å². The lowest BCUT2D eigenvalue weighted by Gasteiger charge is -2.03. The molecule has 0 heterocycles. The molecular weight excluding hydrogens is 206 g/mol. The summed E-state index contributed by atoms with van der Waals surface area (Å²) in [6.07, 6.45) is 4.95. The van der Waals surface area contributed by atoms with Gasteiger partial charge in [-0.15, -0.1) is 0 Å². The average Bonchev–Trinajstić information content (AvgIpc) is 2.18. The number of thiocarbonyl (C=S) groups is 1. The predicted molar refractivity (Wildman–Crippen MR) is 69.6 cm³/mol. The summed E-state index contributed by atoms with van der Waals surface area (Å²) in [4.78, 5) is 0. The van der Waals surface area contributed by atoms with E-state index in [-0.39, 0.29) is 5.11 Å². The third-order valence-electron chi connectivity index (χ3n) is 1.80. The Bertz CT molecular complexity index is 361. The fourth-order valence-electron chi connectivity index (χ4n) is 1.18. The van der Waals surface area contributed by atoms with Gasteiger partial charge in [0, 0.05) is 5.69 Å². The lowest BCUT2D eigenvalue weighted by Crippen LogP contribution is -2.18. The molecule has 0 aromatic heterocycles. The topological polar surface area (TPSA) is 64.1 Å². The first-order chi connectivity index (χ1) is 7.22. The van der Waals surface area contributed by atoms with Gasteiger partial charge in [0.15, 0.2) is 5.11 Å². The van der Waals surface area contributed by atoms with E-state index in [9.17, 15) is 0 Å². The fourth-order valence-corrected chi connectivity index (χ4v) is 1.30. The van der Waals surface area contributed by atoms with Gasteiger partial charge in [-0.05, 0) is 42.9 Å². The Morgan fingerprint density at radius 2 is 2.27 bits per heavy atom. The summed E-state index contributed by atoms with van der Waals surface area (Å²) in [6.45, 7) is 0.668. The second-order valence-corrected chi connectivity index (χ2v) is 3.53.